The zero-order chi connectivity index (χ0) is 13.5. The number of carbonyl (C=O) groups excluding carboxylic acids is 1. The summed E-state index contributed by atoms with van der Waals surface area (Å²) >= 11 is 0. The second-order valence-corrected chi connectivity index (χ2v) is 4.38. The van der Waals surface area contributed by atoms with Crippen LogP contribution in [0.25, 0.3) is 0 Å². The van der Waals surface area contributed by atoms with Crippen molar-refractivity contribution in [3.8, 4) is 0 Å². The van der Waals surface area contributed by atoms with Crippen LogP contribution in [-0.2, 0) is 9.53 Å². The molecule has 1 aromatic carbocycles. The first-order valence-corrected chi connectivity index (χ1v) is 6.10. The number of allylic oxidation sites excluding steroid dienone is 1. The van der Waals surface area contributed by atoms with Crippen LogP contribution in [-0.4, -0.2) is 17.7 Å². The molecule has 0 fully saturated rings. The van der Waals surface area contributed by atoms with Crippen molar-refractivity contribution in [3.05, 3.63) is 48.0 Å². The quantitative estimate of drug-likeness (QED) is 0.622. The summed E-state index contributed by atoms with van der Waals surface area (Å²) in [5, 5.41) is 10.3. The van der Waals surface area contributed by atoms with E-state index in [1.165, 1.54) is 0 Å². The third-order valence-electron chi connectivity index (χ3n) is 2.68. The maximum Gasteiger partial charge on any atom is 0.312 e. The molecule has 0 aromatic heterocycles. The van der Waals surface area contributed by atoms with E-state index >= 15 is 0 Å². The minimum Gasteiger partial charge on any atom is -0.466 e. The van der Waals surface area contributed by atoms with Gasteiger partial charge in [-0.05, 0) is 25.8 Å². The summed E-state index contributed by atoms with van der Waals surface area (Å²) in [6.45, 7) is 7.70. The number of hydrogen-bond acceptors (Lipinski definition) is 3. The molecule has 3 heteroatoms. The predicted molar refractivity (Wildman–Crippen MR) is 71.0 cm³/mol. The number of carbonyl (C=O) groups is 1. The van der Waals surface area contributed by atoms with Crippen LogP contribution >= 0.6 is 0 Å². The number of rotatable bonds is 6. The van der Waals surface area contributed by atoms with Gasteiger partial charge in [0.05, 0.1) is 18.6 Å². The van der Waals surface area contributed by atoms with Gasteiger partial charge in [-0.1, -0.05) is 35.9 Å². The van der Waals surface area contributed by atoms with Gasteiger partial charge in [0.25, 0.3) is 0 Å². The molecule has 98 valence electrons. The van der Waals surface area contributed by atoms with Crippen LogP contribution in [0.4, 0.5) is 0 Å². The van der Waals surface area contributed by atoms with Crippen LogP contribution in [0.15, 0.2) is 42.5 Å². The average Bonchev–Trinajstić information content (AvgIpc) is 2.36. The van der Waals surface area contributed by atoms with Gasteiger partial charge in [-0.2, -0.15) is 0 Å². The van der Waals surface area contributed by atoms with Crippen molar-refractivity contribution >= 4 is 5.97 Å². The van der Waals surface area contributed by atoms with Gasteiger partial charge < -0.3 is 9.84 Å². The molecule has 0 spiro atoms. The molecule has 0 bridgehead atoms. The first kappa shape index (κ1) is 14.5. The molecule has 1 aromatic rings. The van der Waals surface area contributed by atoms with Gasteiger partial charge in [0.1, 0.15) is 0 Å². The summed E-state index contributed by atoms with van der Waals surface area (Å²) < 4.78 is 5.01. The Morgan fingerprint density at radius 2 is 2.00 bits per heavy atom. The highest BCUT2D eigenvalue weighted by atomic mass is 16.5. The fourth-order valence-electron chi connectivity index (χ4n) is 1.83. The number of esters is 1. The fourth-order valence-corrected chi connectivity index (χ4v) is 1.83. The van der Waals surface area contributed by atoms with Gasteiger partial charge in [-0.3, -0.25) is 4.79 Å². The van der Waals surface area contributed by atoms with Crippen molar-refractivity contribution in [3.63, 3.8) is 0 Å². The molecule has 0 heterocycles. The van der Waals surface area contributed by atoms with Crippen molar-refractivity contribution in [1.82, 2.24) is 0 Å². The molecule has 0 saturated carbocycles. The molecule has 0 saturated heterocycles. The molecule has 1 N–H and O–H groups in total. The minimum atomic E-state index is -0.859. The van der Waals surface area contributed by atoms with Gasteiger partial charge >= 0.3 is 5.97 Å². The van der Waals surface area contributed by atoms with E-state index in [9.17, 15) is 9.90 Å². The zero-order valence-electron chi connectivity index (χ0n) is 10.9. The Kier molecular flexibility index (Phi) is 5.59. The second-order valence-electron chi connectivity index (χ2n) is 4.38. The van der Waals surface area contributed by atoms with Crippen molar-refractivity contribution in [1.29, 1.82) is 0 Å². The molecule has 0 aliphatic carbocycles. The number of aliphatic hydroxyl groups excluding tert-OH is 1. The Labute approximate surface area is 108 Å². The predicted octanol–water partition coefficient (Wildman–Crippen LogP) is 2.87. The highest BCUT2D eigenvalue weighted by Crippen LogP contribution is 2.28. The Balaban J connectivity index is 2.88. The average molecular weight is 248 g/mol. The Morgan fingerprint density at radius 3 is 2.50 bits per heavy atom. The first-order chi connectivity index (χ1) is 8.56. The molecule has 3 nitrogen and oxygen atoms in total. The third-order valence-corrected chi connectivity index (χ3v) is 2.68. The van der Waals surface area contributed by atoms with Crippen LogP contribution in [0.3, 0.4) is 0 Å². The monoisotopic (exact) mass is 248 g/mol. The largest absolute Gasteiger partial charge is 0.466 e. The van der Waals surface area contributed by atoms with Gasteiger partial charge in [-0.15, -0.1) is 6.58 Å². The minimum absolute atomic E-state index is 0.313. The van der Waals surface area contributed by atoms with Gasteiger partial charge in [0.2, 0.25) is 0 Å². The summed E-state index contributed by atoms with van der Waals surface area (Å²) in [6.07, 6.45) is -0.434. The van der Waals surface area contributed by atoms with E-state index in [0.717, 1.165) is 11.1 Å². The topological polar surface area (TPSA) is 46.5 Å². The molecular formula is C15H20O3. The Bertz CT molecular complexity index is 397. The smallest absolute Gasteiger partial charge is 0.312 e. The van der Waals surface area contributed by atoms with Crippen LogP contribution < -0.4 is 0 Å². The molecule has 0 radical (unpaired) electrons. The molecule has 0 aliphatic rings. The second kappa shape index (κ2) is 6.97. The fraction of sp³-hybridized carbons (Fsp3) is 0.400. The maximum absolute atomic E-state index is 11.9. The number of hydrogen-bond donors (Lipinski definition) is 1. The van der Waals surface area contributed by atoms with Crippen molar-refractivity contribution in [2.75, 3.05) is 6.61 Å². The SMILES string of the molecule is C=C(C)CC(C(=O)OCC)C(O)c1ccccc1. The Morgan fingerprint density at radius 1 is 1.39 bits per heavy atom. The summed E-state index contributed by atoms with van der Waals surface area (Å²) in [7, 11) is 0. The molecular weight excluding hydrogens is 228 g/mol. The molecule has 2 atom stereocenters. The third kappa shape index (κ3) is 4.00. The highest BCUT2D eigenvalue weighted by Gasteiger charge is 2.29. The first-order valence-electron chi connectivity index (χ1n) is 6.10. The lowest BCUT2D eigenvalue weighted by atomic mass is 9.90. The van der Waals surface area contributed by atoms with E-state index in [4.69, 9.17) is 4.74 Å². The normalized spacial score (nSPS) is 13.7. The Hall–Kier alpha value is -1.61. The molecule has 1 rings (SSSR count). The molecule has 0 amide bonds. The van der Waals surface area contributed by atoms with Crippen molar-refractivity contribution < 1.29 is 14.6 Å². The number of ether oxygens (including phenoxy) is 1. The number of benzene rings is 1. The van der Waals surface area contributed by atoms with Crippen LogP contribution in [0.1, 0.15) is 31.9 Å². The molecule has 2 unspecified atom stereocenters. The van der Waals surface area contributed by atoms with Crippen LogP contribution in [0.2, 0.25) is 0 Å². The maximum atomic E-state index is 11.9. The van der Waals surface area contributed by atoms with Crippen molar-refractivity contribution in [2.24, 2.45) is 5.92 Å². The standard InChI is InChI=1S/C15H20O3/c1-4-18-15(17)13(10-11(2)3)14(16)12-8-6-5-7-9-12/h5-9,13-14,16H,2,4,10H2,1,3H3. The van der Waals surface area contributed by atoms with Gasteiger partial charge in [0, 0.05) is 0 Å². The van der Waals surface area contributed by atoms with Gasteiger partial charge in [0.15, 0.2) is 0 Å². The van der Waals surface area contributed by atoms with E-state index in [1.807, 2.05) is 25.1 Å². The van der Waals surface area contributed by atoms with E-state index in [-0.39, 0.29) is 5.97 Å². The lowest BCUT2D eigenvalue weighted by molar-refractivity contribution is -0.152. The lowest BCUT2D eigenvalue weighted by Gasteiger charge is -2.21. The van der Waals surface area contributed by atoms with E-state index < -0.39 is 12.0 Å². The number of aliphatic hydroxyl groups is 1. The lowest BCUT2D eigenvalue weighted by Crippen LogP contribution is -2.25. The molecule has 0 aliphatic heterocycles. The van der Waals surface area contributed by atoms with Gasteiger partial charge in [-0.25, -0.2) is 0 Å². The highest BCUT2D eigenvalue weighted by molar-refractivity contribution is 5.73. The molecule has 18 heavy (non-hydrogen) atoms. The van der Waals surface area contributed by atoms with Crippen LogP contribution in [0.5, 0.6) is 0 Å². The zero-order valence-corrected chi connectivity index (χ0v) is 10.9. The summed E-state index contributed by atoms with van der Waals surface area (Å²) in [5.41, 5.74) is 1.57. The van der Waals surface area contributed by atoms with E-state index in [2.05, 4.69) is 6.58 Å². The van der Waals surface area contributed by atoms with Crippen molar-refractivity contribution in [2.45, 2.75) is 26.4 Å². The summed E-state index contributed by atoms with van der Waals surface area (Å²) in [4.78, 5) is 11.9. The van der Waals surface area contributed by atoms with Crippen LogP contribution in [0, 0.1) is 5.92 Å². The summed E-state index contributed by atoms with van der Waals surface area (Å²) in [5.74, 6) is -0.971. The van der Waals surface area contributed by atoms with E-state index in [1.54, 1.807) is 19.1 Å². The van der Waals surface area contributed by atoms with E-state index in [0.29, 0.717) is 13.0 Å². The summed E-state index contributed by atoms with van der Waals surface area (Å²) in [6, 6.07) is 9.14.